The third kappa shape index (κ3) is 2.07. The van der Waals surface area contributed by atoms with Crippen molar-refractivity contribution in [3.8, 4) is 0 Å². The molecule has 5 heteroatoms. The molecular weight excluding hydrogens is 252 g/mol. The van der Waals surface area contributed by atoms with Crippen LogP contribution in [0.1, 0.15) is 49.2 Å². The van der Waals surface area contributed by atoms with Crippen LogP contribution in [0.15, 0.2) is 4.52 Å². The minimum absolute atomic E-state index is 0.367. The van der Waals surface area contributed by atoms with Gasteiger partial charge < -0.3 is 14.3 Å². The van der Waals surface area contributed by atoms with Crippen molar-refractivity contribution in [1.82, 2.24) is 19.9 Å². The maximum absolute atomic E-state index is 5.50. The van der Waals surface area contributed by atoms with Gasteiger partial charge in [-0.05, 0) is 58.3 Å². The van der Waals surface area contributed by atoms with Gasteiger partial charge in [0.2, 0.25) is 5.89 Å². The molecule has 1 aromatic rings. The Kier molecular flexibility index (Phi) is 2.89. The Morgan fingerprint density at radius 2 is 1.90 bits per heavy atom. The molecule has 1 aromatic heterocycles. The minimum Gasteiger partial charge on any atom is -0.339 e. The van der Waals surface area contributed by atoms with Crippen LogP contribution in [-0.4, -0.2) is 60.2 Å². The van der Waals surface area contributed by atoms with Crippen molar-refractivity contribution in [2.24, 2.45) is 5.41 Å². The molecule has 0 N–H and O–H groups in total. The van der Waals surface area contributed by atoms with Crippen molar-refractivity contribution in [2.45, 2.75) is 37.5 Å². The predicted octanol–water partition coefficient (Wildman–Crippen LogP) is 1.69. The SMILES string of the molecule is CN1CCC2(CC1)CN(C)C[C@H]2c1noc(C2CC2)n1. The van der Waals surface area contributed by atoms with Gasteiger partial charge in [0.15, 0.2) is 5.82 Å². The van der Waals surface area contributed by atoms with Crippen molar-refractivity contribution < 1.29 is 4.52 Å². The third-order valence-corrected chi connectivity index (χ3v) is 5.50. The zero-order chi connectivity index (χ0) is 13.7. The smallest absolute Gasteiger partial charge is 0.229 e. The Morgan fingerprint density at radius 3 is 2.60 bits per heavy atom. The van der Waals surface area contributed by atoms with Crippen LogP contribution in [-0.2, 0) is 0 Å². The van der Waals surface area contributed by atoms with Crippen LogP contribution in [0.3, 0.4) is 0 Å². The van der Waals surface area contributed by atoms with Crippen LogP contribution in [0.2, 0.25) is 0 Å². The number of hydrogen-bond donors (Lipinski definition) is 0. The van der Waals surface area contributed by atoms with Gasteiger partial charge in [0.1, 0.15) is 0 Å². The lowest BCUT2D eigenvalue weighted by Gasteiger charge is -2.40. The normalized spacial score (nSPS) is 31.2. The first-order valence-corrected chi connectivity index (χ1v) is 7.87. The van der Waals surface area contributed by atoms with Gasteiger partial charge in [-0.2, -0.15) is 4.98 Å². The van der Waals surface area contributed by atoms with E-state index in [1.807, 2.05) is 0 Å². The van der Waals surface area contributed by atoms with Crippen LogP contribution in [0, 0.1) is 5.41 Å². The lowest BCUT2D eigenvalue weighted by molar-refractivity contribution is 0.113. The van der Waals surface area contributed by atoms with Crippen molar-refractivity contribution in [1.29, 1.82) is 0 Å². The number of nitrogens with zero attached hydrogens (tertiary/aromatic N) is 4. The Balaban J connectivity index is 1.60. The van der Waals surface area contributed by atoms with Gasteiger partial charge in [-0.3, -0.25) is 0 Å². The van der Waals surface area contributed by atoms with E-state index in [0.29, 0.717) is 17.3 Å². The third-order valence-electron chi connectivity index (χ3n) is 5.50. The molecule has 1 saturated carbocycles. The fourth-order valence-corrected chi connectivity index (χ4v) is 4.03. The first kappa shape index (κ1) is 12.8. The number of hydrogen-bond acceptors (Lipinski definition) is 5. The topological polar surface area (TPSA) is 45.4 Å². The highest BCUT2D eigenvalue weighted by atomic mass is 16.5. The molecule has 0 aromatic carbocycles. The molecule has 5 nitrogen and oxygen atoms in total. The average molecular weight is 276 g/mol. The molecule has 1 spiro atoms. The standard InChI is InChI=1S/C15H24N4O/c1-18-7-5-15(6-8-18)10-19(2)9-12(15)13-16-14(20-17-13)11-3-4-11/h11-12H,3-10H2,1-2H3/t12-/m0/s1. The number of piperidine rings is 1. The minimum atomic E-state index is 0.367. The second kappa shape index (κ2) is 4.53. The largest absolute Gasteiger partial charge is 0.339 e. The van der Waals surface area contributed by atoms with E-state index in [0.717, 1.165) is 18.3 Å². The zero-order valence-electron chi connectivity index (χ0n) is 12.5. The Labute approximate surface area is 120 Å². The van der Waals surface area contributed by atoms with Crippen molar-refractivity contribution in [3.05, 3.63) is 11.7 Å². The molecular formula is C15H24N4O. The molecule has 1 aliphatic carbocycles. The number of aromatic nitrogens is 2. The summed E-state index contributed by atoms with van der Waals surface area (Å²) in [5.41, 5.74) is 0.367. The summed E-state index contributed by atoms with van der Waals surface area (Å²) < 4.78 is 5.50. The summed E-state index contributed by atoms with van der Waals surface area (Å²) in [6.45, 7) is 4.64. The van der Waals surface area contributed by atoms with Crippen molar-refractivity contribution >= 4 is 0 Å². The van der Waals surface area contributed by atoms with E-state index < -0.39 is 0 Å². The number of likely N-dealkylation sites (tertiary alicyclic amines) is 2. The molecule has 2 saturated heterocycles. The van der Waals surface area contributed by atoms with Crippen LogP contribution in [0.5, 0.6) is 0 Å². The monoisotopic (exact) mass is 276 g/mol. The summed E-state index contributed by atoms with van der Waals surface area (Å²) >= 11 is 0. The fraction of sp³-hybridized carbons (Fsp3) is 0.867. The second-order valence-electron chi connectivity index (χ2n) is 7.18. The van der Waals surface area contributed by atoms with E-state index in [1.165, 1.54) is 45.3 Å². The quantitative estimate of drug-likeness (QED) is 0.822. The highest BCUT2D eigenvalue weighted by Crippen LogP contribution is 2.49. The molecule has 1 atom stereocenters. The van der Waals surface area contributed by atoms with Gasteiger partial charge in [-0.25, -0.2) is 0 Å². The molecule has 0 bridgehead atoms. The molecule has 0 unspecified atom stereocenters. The van der Waals surface area contributed by atoms with Gasteiger partial charge in [-0.1, -0.05) is 5.16 Å². The first-order chi connectivity index (χ1) is 9.66. The van der Waals surface area contributed by atoms with Crippen LogP contribution in [0.4, 0.5) is 0 Å². The number of rotatable bonds is 2. The summed E-state index contributed by atoms with van der Waals surface area (Å²) in [5, 5.41) is 4.34. The Morgan fingerprint density at radius 1 is 1.15 bits per heavy atom. The lowest BCUT2D eigenvalue weighted by Crippen LogP contribution is -2.42. The second-order valence-corrected chi connectivity index (χ2v) is 7.18. The van der Waals surface area contributed by atoms with Crippen LogP contribution in [0.25, 0.3) is 0 Å². The molecule has 2 aliphatic heterocycles. The first-order valence-electron chi connectivity index (χ1n) is 7.87. The van der Waals surface area contributed by atoms with Crippen LogP contribution < -0.4 is 0 Å². The van der Waals surface area contributed by atoms with E-state index in [2.05, 4.69) is 29.1 Å². The highest BCUT2D eigenvalue weighted by molar-refractivity contribution is 5.13. The summed E-state index contributed by atoms with van der Waals surface area (Å²) in [4.78, 5) is 9.62. The van der Waals surface area contributed by atoms with E-state index in [4.69, 9.17) is 9.51 Å². The predicted molar refractivity (Wildman–Crippen MR) is 75.7 cm³/mol. The molecule has 4 rings (SSSR count). The highest BCUT2D eigenvalue weighted by Gasteiger charge is 2.49. The molecule has 0 radical (unpaired) electrons. The molecule has 3 heterocycles. The van der Waals surface area contributed by atoms with Crippen LogP contribution >= 0.6 is 0 Å². The zero-order valence-corrected chi connectivity index (χ0v) is 12.5. The molecule has 110 valence electrons. The van der Waals surface area contributed by atoms with Crippen molar-refractivity contribution in [3.63, 3.8) is 0 Å². The van der Waals surface area contributed by atoms with Gasteiger partial charge in [0.05, 0.1) is 0 Å². The van der Waals surface area contributed by atoms with E-state index in [1.54, 1.807) is 0 Å². The van der Waals surface area contributed by atoms with E-state index >= 15 is 0 Å². The number of likely N-dealkylation sites (N-methyl/N-ethyl adjacent to an activating group) is 1. The summed E-state index contributed by atoms with van der Waals surface area (Å²) in [6, 6.07) is 0. The molecule has 20 heavy (non-hydrogen) atoms. The average Bonchev–Trinajstić information content (AvgIpc) is 3.08. The lowest BCUT2D eigenvalue weighted by atomic mass is 9.70. The maximum Gasteiger partial charge on any atom is 0.229 e. The maximum atomic E-state index is 5.50. The van der Waals surface area contributed by atoms with Gasteiger partial charge >= 0.3 is 0 Å². The van der Waals surface area contributed by atoms with Gasteiger partial charge in [0, 0.05) is 24.9 Å². The Hall–Kier alpha value is -0.940. The molecule has 3 fully saturated rings. The van der Waals surface area contributed by atoms with E-state index in [9.17, 15) is 0 Å². The van der Waals surface area contributed by atoms with E-state index in [-0.39, 0.29) is 0 Å². The summed E-state index contributed by atoms with van der Waals surface area (Å²) in [7, 11) is 4.45. The van der Waals surface area contributed by atoms with Gasteiger partial charge in [-0.15, -0.1) is 0 Å². The van der Waals surface area contributed by atoms with Gasteiger partial charge in [0.25, 0.3) is 0 Å². The fourth-order valence-electron chi connectivity index (χ4n) is 4.03. The molecule has 0 amide bonds. The summed E-state index contributed by atoms with van der Waals surface area (Å²) in [6.07, 6.45) is 4.96. The summed E-state index contributed by atoms with van der Waals surface area (Å²) in [5.74, 6) is 2.87. The Bertz CT molecular complexity index is 488. The molecule has 3 aliphatic rings. The van der Waals surface area contributed by atoms with Crippen molar-refractivity contribution in [2.75, 3.05) is 40.3 Å².